The number of aryl methyl sites for hydroxylation is 1. The van der Waals surface area contributed by atoms with Crippen LogP contribution in [-0.2, 0) is 13.0 Å². The highest BCUT2D eigenvalue weighted by molar-refractivity contribution is 7.15. The van der Waals surface area contributed by atoms with E-state index in [0.29, 0.717) is 12.2 Å². The SMILES string of the molecule is COc1ccc(-c2nc(C)c(C(C)NC(=O)c3n[nH]c4c3CNCC4)s2)cc1. The van der Waals surface area contributed by atoms with Gasteiger partial charge in [0.2, 0.25) is 0 Å². The lowest BCUT2D eigenvalue weighted by molar-refractivity contribution is 0.0934. The van der Waals surface area contributed by atoms with E-state index in [1.165, 1.54) is 0 Å². The van der Waals surface area contributed by atoms with Crippen molar-refractivity contribution >= 4 is 17.2 Å². The first-order valence-corrected chi connectivity index (χ1v) is 10.1. The van der Waals surface area contributed by atoms with Gasteiger partial charge in [-0.3, -0.25) is 9.89 Å². The van der Waals surface area contributed by atoms with Crippen molar-refractivity contribution < 1.29 is 9.53 Å². The van der Waals surface area contributed by atoms with Gasteiger partial charge in [0.25, 0.3) is 5.91 Å². The maximum Gasteiger partial charge on any atom is 0.272 e. The van der Waals surface area contributed by atoms with Gasteiger partial charge in [-0.1, -0.05) is 0 Å². The lowest BCUT2D eigenvalue weighted by atomic mass is 10.1. The topological polar surface area (TPSA) is 91.9 Å². The number of aromatic nitrogens is 3. The first kappa shape index (κ1) is 18.6. The van der Waals surface area contributed by atoms with Gasteiger partial charge in [-0.15, -0.1) is 11.3 Å². The van der Waals surface area contributed by atoms with Crippen LogP contribution < -0.4 is 15.4 Å². The molecule has 0 aliphatic carbocycles. The van der Waals surface area contributed by atoms with E-state index >= 15 is 0 Å². The molecule has 28 heavy (non-hydrogen) atoms. The van der Waals surface area contributed by atoms with Crippen LogP contribution >= 0.6 is 11.3 Å². The lowest BCUT2D eigenvalue weighted by Gasteiger charge is -2.15. The van der Waals surface area contributed by atoms with Gasteiger partial charge in [0.15, 0.2) is 5.69 Å². The van der Waals surface area contributed by atoms with Gasteiger partial charge in [0, 0.05) is 36.3 Å². The van der Waals surface area contributed by atoms with Crippen molar-refractivity contribution in [2.45, 2.75) is 32.9 Å². The van der Waals surface area contributed by atoms with Crippen LogP contribution in [0, 0.1) is 6.92 Å². The van der Waals surface area contributed by atoms with Crippen molar-refractivity contribution in [1.82, 2.24) is 25.8 Å². The number of methoxy groups -OCH3 is 1. The Hall–Kier alpha value is -2.71. The fourth-order valence-corrected chi connectivity index (χ4v) is 4.48. The lowest BCUT2D eigenvalue weighted by Crippen LogP contribution is -2.30. The van der Waals surface area contributed by atoms with Gasteiger partial charge in [-0.05, 0) is 38.1 Å². The second kappa shape index (κ2) is 7.73. The Balaban J connectivity index is 1.52. The number of hydrogen-bond donors (Lipinski definition) is 3. The number of rotatable bonds is 5. The number of H-pyrrole nitrogens is 1. The molecule has 0 bridgehead atoms. The molecule has 1 aliphatic heterocycles. The molecular formula is C20H23N5O2S. The molecule has 1 atom stereocenters. The van der Waals surface area contributed by atoms with E-state index in [4.69, 9.17) is 9.72 Å². The van der Waals surface area contributed by atoms with E-state index in [1.54, 1.807) is 18.4 Å². The summed E-state index contributed by atoms with van der Waals surface area (Å²) in [5.74, 6) is 0.655. The van der Waals surface area contributed by atoms with E-state index in [1.807, 2.05) is 38.1 Å². The average molecular weight is 398 g/mol. The average Bonchev–Trinajstić information content (AvgIpc) is 3.32. The zero-order valence-electron chi connectivity index (χ0n) is 16.1. The highest BCUT2D eigenvalue weighted by Crippen LogP contribution is 2.32. The molecule has 146 valence electrons. The van der Waals surface area contributed by atoms with Crippen LogP contribution in [0.5, 0.6) is 5.75 Å². The molecule has 1 amide bonds. The van der Waals surface area contributed by atoms with Crippen LogP contribution in [0.25, 0.3) is 10.6 Å². The van der Waals surface area contributed by atoms with Crippen LogP contribution in [0.2, 0.25) is 0 Å². The maximum atomic E-state index is 12.8. The molecule has 3 aromatic rings. The Bertz CT molecular complexity index is 993. The van der Waals surface area contributed by atoms with Crippen molar-refractivity contribution in [3.05, 3.63) is 51.8 Å². The molecule has 1 unspecified atom stereocenters. The van der Waals surface area contributed by atoms with Gasteiger partial charge in [-0.2, -0.15) is 5.10 Å². The van der Waals surface area contributed by atoms with Crippen molar-refractivity contribution in [3.63, 3.8) is 0 Å². The summed E-state index contributed by atoms with van der Waals surface area (Å²) in [5, 5.41) is 14.5. The van der Waals surface area contributed by atoms with Gasteiger partial charge >= 0.3 is 0 Å². The van der Waals surface area contributed by atoms with Crippen LogP contribution in [0.15, 0.2) is 24.3 Å². The third kappa shape index (κ3) is 3.53. The zero-order chi connectivity index (χ0) is 19.7. The molecule has 0 radical (unpaired) electrons. The molecule has 8 heteroatoms. The standard InChI is InChI=1S/C20H23N5O2S/c1-11(22-19(26)17-15-10-21-9-8-16(15)24-25-17)18-12(2)23-20(28-18)13-4-6-14(27-3)7-5-13/h4-7,11,21H,8-10H2,1-3H3,(H,22,26)(H,24,25). The summed E-state index contributed by atoms with van der Waals surface area (Å²) in [4.78, 5) is 18.5. The van der Waals surface area contributed by atoms with Gasteiger partial charge in [0.1, 0.15) is 10.8 Å². The molecule has 3 N–H and O–H groups in total. The van der Waals surface area contributed by atoms with Gasteiger partial charge in [-0.25, -0.2) is 4.98 Å². The predicted octanol–water partition coefficient (Wildman–Crippen LogP) is 2.99. The second-order valence-electron chi connectivity index (χ2n) is 6.85. The normalized spacial score (nSPS) is 14.4. The molecule has 0 saturated carbocycles. The Morgan fingerprint density at radius 3 is 2.86 bits per heavy atom. The molecule has 7 nitrogen and oxygen atoms in total. The number of nitrogens with zero attached hydrogens (tertiary/aromatic N) is 2. The minimum absolute atomic E-state index is 0.152. The molecular weight excluding hydrogens is 374 g/mol. The van der Waals surface area contributed by atoms with E-state index < -0.39 is 0 Å². The Morgan fingerprint density at radius 1 is 1.32 bits per heavy atom. The summed E-state index contributed by atoms with van der Waals surface area (Å²) in [5.41, 5.74) is 4.45. The first-order chi connectivity index (χ1) is 13.6. The van der Waals surface area contributed by atoms with E-state index in [9.17, 15) is 4.79 Å². The number of amides is 1. The minimum atomic E-state index is -0.160. The Kier molecular flexibility index (Phi) is 5.15. The summed E-state index contributed by atoms with van der Waals surface area (Å²) in [6.45, 7) is 5.53. The third-order valence-electron chi connectivity index (χ3n) is 4.93. The number of fused-ring (bicyclic) bond motifs is 1. The zero-order valence-corrected chi connectivity index (χ0v) is 16.9. The van der Waals surface area contributed by atoms with Gasteiger partial charge in [0.05, 0.1) is 23.7 Å². The Morgan fingerprint density at radius 2 is 2.11 bits per heavy atom. The smallest absolute Gasteiger partial charge is 0.272 e. The van der Waals surface area contributed by atoms with Crippen molar-refractivity contribution in [2.24, 2.45) is 0 Å². The largest absolute Gasteiger partial charge is 0.497 e. The summed E-state index contributed by atoms with van der Waals surface area (Å²) in [7, 11) is 1.65. The molecule has 1 aliphatic rings. The van der Waals surface area contributed by atoms with E-state index in [2.05, 4.69) is 20.8 Å². The van der Waals surface area contributed by atoms with Crippen LogP contribution in [0.4, 0.5) is 0 Å². The van der Waals surface area contributed by atoms with E-state index in [-0.39, 0.29) is 11.9 Å². The van der Waals surface area contributed by atoms with Crippen LogP contribution in [-0.4, -0.2) is 34.7 Å². The summed E-state index contributed by atoms with van der Waals surface area (Å²) in [6, 6.07) is 7.68. The fourth-order valence-electron chi connectivity index (χ4n) is 3.41. The second-order valence-corrected chi connectivity index (χ2v) is 7.88. The summed E-state index contributed by atoms with van der Waals surface area (Å²) < 4.78 is 5.21. The highest BCUT2D eigenvalue weighted by atomic mass is 32.1. The van der Waals surface area contributed by atoms with Crippen molar-refractivity contribution in [1.29, 1.82) is 0 Å². The third-order valence-corrected chi connectivity index (χ3v) is 6.32. The molecule has 4 rings (SSSR count). The highest BCUT2D eigenvalue weighted by Gasteiger charge is 2.24. The number of carbonyl (C=O) groups excluding carboxylic acids is 1. The molecule has 3 heterocycles. The van der Waals surface area contributed by atoms with Crippen molar-refractivity contribution in [2.75, 3.05) is 13.7 Å². The number of thiazole rings is 1. The number of hydrogen-bond acceptors (Lipinski definition) is 6. The van der Waals surface area contributed by atoms with Gasteiger partial charge < -0.3 is 15.4 Å². The quantitative estimate of drug-likeness (QED) is 0.616. The minimum Gasteiger partial charge on any atom is -0.497 e. The number of ether oxygens (including phenoxy) is 1. The Labute approximate surface area is 167 Å². The summed E-state index contributed by atoms with van der Waals surface area (Å²) >= 11 is 1.59. The molecule has 0 spiro atoms. The molecule has 1 aromatic carbocycles. The number of carbonyl (C=O) groups is 1. The van der Waals surface area contributed by atoms with E-state index in [0.717, 1.165) is 51.1 Å². The number of nitrogens with one attached hydrogen (secondary N) is 3. The maximum absolute atomic E-state index is 12.8. The van der Waals surface area contributed by atoms with Crippen LogP contribution in [0.3, 0.4) is 0 Å². The summed E-state index contributed by atoms with van der Waals surface area (Å²) in [6.07, 6.45) is 0.865. The predicted molar refractivity (Wildman–Crippen MR) is 109 cm³/mol. The number of aromatic amines is 1. The first-order valence-electron chi connectivity index (χ1n) is 9.26. The molecule has 0 saturated heterocycles. The molecule has 0 fully saturated rings. The van der Waals surface area contributed by atoms with Crippen LogP contribution in [0.1, 0.15) is 45.3 Å². The monoisotopic (exact) mass is 397 g/mol. The number of benzene rings is 1. The fraction of sp³-hybridized carbons (Fsp3) is 0.350. The van der Waals surface area contributed by atoms with Crippen molar-refractivity contribution in [3.8, 4) is 16.3 Å². The molecule has 2 aromatic heterocycles.